The minimum atomic E-state index is -0.210. The average molecular weight is 520 g/mol. The normalized spacial score (nSPS) is 18.2. The lowest BCUT2D eigenvalue weighted by Gasteiger charge is -2.36. The minimum absolute atomic E-state index is 0.000561. The van der Waals surface area contributed by atoms with E-state index in [-0.39, 0.29) is 17.8 Å². The smallest absolute Gasteiger partial charge is 0.255 e. The Balaban J connectivity index is 1.10. The third kappa shape index (κ3) is 6.29. The molecule has 0 aliphatic carbocycles. The van der Waals surface area contributed by atoms with Crippen molar-refractivity contribution in [3.05, 3.63) is 101 Å². The molecule has 1 aromatic heterocycles. The number of carbonyl (C=O) groups is 1. The number of likely N-dealkylation sites (tertiary alicyclic amines) is 1. The highest BCUT2D eigenvalue weighted by Gasteiger charge is 2.24. The Labute approximate surface area is 222 Å². The van der Waals surface area contributed by atoms with Crippen LogP contribution in [-0.4, -0.2) is 66.0 Å². The fourth-order valence-electron chi connectivity index (χ4n) is 4.96. The fourth-order valence-corrected chi connectivity index (χ4v) is 5.09. The van der Waals surface area contributed by atoms with Crippen LogP contribution in [0.5, 0.6) is 0 Å². The monoisotopic (exact) mass is 519 g/mol. The SMILES string of the molecule is C=C(N[C@H]1CCN(Cc2ccc(F)cc2)C1)c1ccc(C(=O)N2CCN(c3ccc(Cl)cc3)CC2)cn1. The number of anilines is 1. The summed E-state index contributed by atoms with van der Waals surface area (Å²) < 4.78 is 13.1. The van der Waals surface area contributed by atoms with Crippen molar-refractivity contribution in [2.75, 3.05) is 44.2 Å². The number of hydrogen-bond acceptors (Lipinski definition) is 5. The second kappa shape index (κ2) is 11.3. The Kier molecular flexibility index (Phi) is 7.72. The number of pyridine rings is 1. The second-order valence-corrected chi connectivity index (χ2v) is 10.1. The third-order valence-corrected chi connectivity index (χ3v) is 7.30. The summed E-state index contributed by atoms with van der Waals surface area (Å²) in [6.07, 6.45) is 2.64. The molecule has 37 heavy (non-hydrogen) atoms. The van der Waals surface area contributed by atoms with Crippen molar-refractivity contribution < 1.29 is 9.18 Å². The van der Waals surface area contributed by atoms with E-state index in [4.69, 9.17) is 11.6 Å². The first-order chi connectivity index (χ1) is 17.9. The number of nitrogens with zero attached hydrogens (tertiary/aromatic N) is 4. The largest absolute Gasteiger partial charge is 0.380 e. The van der Waals surface area contributed by atoms with Gasteiger partial charge in [0.25, 0.3) is 5.91 Å². The zero-order valence-corrected chi connectivity index (χ0v) is 21.5. The number of hydrogen-bond donors (Lipinski definition) is 1. The van der Waals surface area contributed by atoms with Crippen molar-refractivity contribution in [1.82, 2.24) is 20.1 Å². The number of nitrogens with one attached hydrogen (secondary N) is 1. The van der Waals surface area contributed by atoms with Crippen molar-refractivity contribution in [2.45, 2.75) is 19.0 Å². The predicted octanol–water partition coefficient (Wildman–Crippen LogP) is 4.67. The second-order valence-electron chi connectivity index (χ2n) is 9.66. The van der Waals surface area contributed by atoms with Gasteiger partial charge < -0.3 is 15.1 Å². The highest BCUT2D eigenvalue weighted by Crippen LogP contribution is 2.21. The van der Waals surface area contributed by atoms with Gasteiger partial charge in [-0.25, -0.2) is 4.39 Å². The van der Waals surface area contributed by atoms with Gasteiger partial charge >= 0.3 is 0 Å². The summed E-state index contributed by atoms with van der Waals surface area (Å²) in [5, 5.41) is 4.21. The number of aromatic nitrogens is 1. The average Bonchev–Trinajstić information content (AvgIpc) is 3.36. The van der Waals surface area contributed by atoms with Gasteiger partial charge in [-0.2, -0.15) is 0 Å². The molecular formula is C29H31ClFN5O. The molecule has 2 saturated heterocycles. The van der Waals surface area contributed by atoms with Crippen molar-refractivity contribution in [3.8, 4) is 0 Å². The van der Waals surface area contributed by atoms with Crippen LogP contribution in [0.4, 0.5) is 10.1 Å². The molecule has 192 valence electrons. The summed E-state index contributed by atoms with van der Waals surface area (Å²) in [5.41, 5.74) is 4.30. The molecular weight excluding hydrogens is 489 g/mol. The maximum atomic E-state index is 13.1. The predicted molar refractivity (Wildman–Crippen MR) is 146 cm³/mol. The van der Waals surface area contributed by atoms with E-state index in [0.717, 1.165) is 66.8 Å². The van der Waals surface area contributed by atoms with E-state index in [1.54, 1.807) is 6.20 Å². The first-order valence-corrected chi connectivity index (χ1v) is 13.0. The van der Waals surface area contributed by atoms with E-state index >= 15 is 0 Å². The van der Waals surface area contributed by atoms with Crippen molar-refractivity contribution in [3.63, 3.8) is 0 Å². The van der Waals surface area contributed by atoms with Crippen molar-refractivity contribution in [2.24, 2.45) is 0 Å². The van der Waals surface area contributed by atoms with Gasteiger partial charge in [-0.3, -0.25) is 14.7 Å². The topological polar surface area (TPSA) is 51.7 Å². The van der Waals surface area contributed by atoms with Crippen molar-refractivity contribution in [1.29, 1.82) is 0 Å². The molecule has 2 aliphatic rings. The molecule has 2 fully saturated rings. The number of carbonyl (C=O) groups excluding carboxylic acids is 1. The number of rotatable bonds is 7. The molecule has 0 unspecified atom stereocenters. The van der Waals surface area contributed by atoms with Gasteiger partial charge in [0, 0.05) is 68.8 Å². The summed E-state index contributed by atoms with van der Waals surface area (Å²) in [4.78, 5) is 24.1. The molecule has 0 bridgehead atoms. The molecule has 1 amide bonds. The van der Waals surface area contributed by atoms with Crippen LogP contribution in [0.1, 0.15) is 28.0 Å². The number of amides is 1. The van der Waals surface area contributed by atoms with E-state index in [1.807, 2.05) is 53.4 Å². The molecule has 2 aromatic carbocycles. The Hall–Kier alpha value is -3.42. The van der Waals surface area contributed by atoms with Crippen LogP contribution in [0.25, 0.3) is 5.70 Å². The minimum Gasteiger partial charge on any atom is -0.380 e. The van der Waals surface area contributed by atoms with Gasteiger partial charge in [0.05, 0.1) is 17.0 Å². The summed E-state index contributed by atoms with van der Waals surface area (Å²) in [7, 11) is 0. The first-order valence-electron chi connectivity index (χ1n) is 12.6. The lowest BCUT2D eigenvalue weighted by Crippen LogP contribution is -2.48. The zero-order chi connectivity index (χ0) is 25.8. The van der Waals surface area contributed by atoms with E-state index in [1.165, 1.54) is 12.1 Å². The summed E-state index contributed by atoms with van der Waals surface area (Å²) in [5.74, 6) is -0.210. The molecule has 3 aromatic rings. The van der Waals surface area contributed by atoms with E-state index in [0.29, 0.717) is 18.7 Å². The summed E-state index contributed by atoms with van der Waals surface area (Å²) in [6.45, 7) is 9.70. The van der Waals surface area contributed by atoms with Gasteiger partial charge in [-0.05, 0) is 60.5 Å². The van der Waals surface area contributed by atoms with Gasteiger partial charge in [0.1, 0.15) is 5.82 Å². The molecule has 5 rings (SSSR count). The molecule has 8 heteroatoms. The standard InChI is InChI=1S/C29H31ClFN5O/c1-21(33-26-12-13-34(20-26)19-22-2-7-25(31)8-3-22)28-11-4-23(18-32-28)29(37)36-16-14-35(15-17-36)27-9-5-24(30)6-10-27/h2-11,18,26,33H,1,12-17,19-20H2/t26-/m0/s1. The molecule has 2 aliphatic heterocycles. The molecule has 6 nitrogen and oxygen atoms in total. The van der Waals surface area contributed by atoms with Crippen LogP contribution < -0.4 is 10.2 Å². The maximum absolute atomic E-state index is 13.1. The molecule has 0 spiro atoms. The van der Waals surface area contributed by atoms with E-state index in [2.05, 4.69) is 26.7 Å². The van der Waals surface area contributed by atoms with Gasteiger partial charge in [-0.15, -0.1) is 0 Å². The Bertz CT molecular complexity index is 1220. The third-order valence-electron chi connectivity index (χ3n) is 7.05. The fraction of sp³-hybridized carbons (Fsp3) is 0.310. The van der Waals surface area contributed by atoms with Gasteiger partial charge in [-0.1, -0.05) is 30.3 Å². The quantitative estimate of drug-likeness (QED) is 0.491. The Morgan fingerprint density at radius 1 is 1.00 bits per heavy atom. The zero-order valence-electron chi connectivity index (χ0n) is 20.7. The van der Waals surface area contributed by atoms with Crippen LogP contribution in [0.15, 0.2) is 73.4 Å². The Morgan fingerprint density at radius 2 is 1.73 bits per heavy atom. The Morgan fingerprint density at radius 3 is 2.41 bits per heavy atom. The molecule has 0 radical (unpaired) electrons. The van der Waals surface area contributed by atoms with Gasteiger partial charge in [0.2, 0.25) is 0 Å². The summed E-state index contributed by atoms with van der Waals surface area (Å²) in [6, 6.07) is 18.4. The van der Waals surface area contributed by atoms with E-state index < -0.39 is 0 Å². The molecule has 0 saturated carbocycles. The van der Waals surface area contributed by atoms with Crippen LogP contribution in [0.2, 0.25) is 5.02 Å². The van der Waals surface area contributed by atoms with Crippen LogP contribution in [-0.2, 0) is 6.54 Å². The molecule has 1 atom stereocenters. The highest BCUT2D eigenvalue weighted by molar-refractivity contribution is 6.30. The molecule has 1 N–H and O–H groups in total. The number of halogens is 2. The highest BCUT2D eigenvalue weighted by atomic mass is 35.5. The molecule has 3 heterocycles. The lowest BCUT2D eigenvalue weighted by molar-refractivity contribution is 0.0746. The van der Waals surface area contributed by atoms with Crippen LogP contribution in [0.3, 0.4) is 0 Å². The lowest BCUT2D eigenvalue weighted by atomic mass is 10.1. The first kappa shape index (κ1) is 25.2. The van der Waals surface area contributed by atoms with Crippen molar-refractivity contribution >= 4 is 28.9 Å². The van der Waals surface area contributed by atoms with Crippen LogP contribution in [0, 0.1) is 5.82 Å². The van der Waals surface area contributed by atoms with E-state index in [9.17, 15) is 9.18 Å². The maximum Gasteiger partial charge on any atom is 0.255 e. The van der Waals surface area contributed by atoms with Crippen LogP contribution >= 0.6 is 11.6 Å². The number of benzene rings is 2. The summed E-state index contributed by atoms with van der Waals surface area (Å²) >= 11 is 5.99. The number of piperazine rings is 1. The van der Waals surface area contributed by atoms with Gasteiger partial charge in [0.15, 0.2) is 0 Å².